The number of carbonyl (C=O) groups excluding carboxylic acids is 1. The van der Waals surface area contributed by atoms with Crippen molar-refractivity contribution in [1.82, 2.24) is 14.9 Å². The average molecular weight is 411 g/mol. The van der Waals surface area contributed by atoms with Crippen LogP contribution in [0.4, 0.5) is 0 Å². The minimum absolute atomic E-state index is 0.149. The molecule has 0 aliphatic carbocycles. The van der Waals surface area contributed by atoms with Gasteiger partial charge in [-0.15, -0.1) is 0 Å². The van der Waals surface area contributed by atoms with E-state index in [-0.39, 0.29) is 37.6 Å². The maximum atomic E-state index is 12.4. The molecular formula is C25H21N3O3. The minimum Gasteiger partial charge on any atom is -0.480 e. The van der Waals surface area contributed by atoms with Gasteiger partial charge in [-0.2, -0.15) is 0 Å². The highest BCUT2D eigenvalue weighted by Gasteiger charge is 2.06. The fraction of sp³-hybridized carbons (Fsp3) is 0.160. The van der Waals surface area contributed by atoms with Crippen molar-refractivity contribution in [2.45, 2.75) is 13.0 Å². The van der Waals surface area contributed by atoms with Crippen LogP contribution in [0.3, 0.4) is 0 Å². The van der Waals surface area contributed by atoms with E-state index < -0.39 is 0 Å². The van der Waals surface area contributed by atoms with Gasteiger partial charge in [0.1, 0.15) is 12.4 Å². The van der Waals surface area contributed by atoms with E-state index in [0.717, 1.165) is 16.5 Å². The second-order valence-corrected chi connectivity index (χ2v) is 6.91. The van der Waals surface area contributed by atoms with Crippen molar-refractivity contribution in [3.8, 4) is 17.6 Å². The van der Waals surface area contributed by atoms with Gasteiger partial charge < -0.3 is 10.1 Å². The first-order valence-corrected chi connectivity index (χ1v) is 9.99. The van der Waals surface area contributed by atoms with E-state index in [4.69, 9.17) is 4.74 Å². The van der Waals surface area contributed by atoms with E-state index in [9.17, 15) is 9.59 Å². The third-order valence-electron chi connectivity index (χ3n) is 4.86. The van der Waals surface area contributed by atoms with Gasteiger partial charge in [0.15, 0.2) is 0 Å². The van der Waals surface area contributed by atoms with Gasteiger partial charge >= 0.3 is 0 Å². The molecule has 1 N–H and O–H groups in total. The second kappa shape index (κ2) is 9.59. The molecule has 0 radical (unpaired) electrons. The zero-order valence-electron chi connectivity index (χ0n) is 16.9. The molecule has 3 aromatic carbocycles. The van der Waals surface area contributed by atoms with E-state index in [2.05, 4.69) is 22.1 Å². The largest absolute Gasteiger partial charge is 0.480 e. The first-order valence-electron chi connectivity index (χ1n) is 9.99. The second-order valence-electron chi connectivity index (χ2n) is 6.91. The molecule has 0 fully saturated rings. The fourth-order valence-corrected chi connectivity index (χ4v) is 3.27. The van der Waals surface area contributed by atoms with Crippen molar-refractivity contribution in [2.75, 3.05) is 13.2 Å². The van der Waals surface area contributed by atoms with Crippen LogP contribution in [-0.4, -0.2) is 28.6 Å². The quantitative estimate of drug-likeness (QED) is 0.495. The third-order valence-corrected chi connectivity index (χ3v) is 4.86. The molecule has 0 aliphatic rings. The van der Waals surface area contributed by atoms with Crippen LogP contribution >= 0.6 is 0 Å². The van der Waals surface area contributed by atoms with Crippen molar-refractivity contribution in [3.63, 3.8) is 0 Å². The first-order chi connectivity index (χ1) is 15.2. The SMILES string of the molecule is O=C(CCn1cnc2ccccc2c1=O)NCC#CCOc1cccc2ccccc12. The lowest BCUT2D eigenvalue weighted by molar-refractivity contribution is -0.121. The van der Waals surface area contributed by atoms with Gasteiger partial charge in [0.25, 0.3) is 5.56 Å². The van der Waals surface area contributed by atoms with Gasteiger partial charge in [-0.3, -0.25) is 14.2 Å². The van der Waals surface area contributed by atoms with Crippen LogP contribution in [0.2, 0.25) is 0 Å². The van der Waals surface area contributed by atoms with Gasteiger partial charge in [0.2, 0.25) is 5.91 Å². The van der Waals surface area contributed by atoms with E-state index in [1.165, 1.54) is 10.9 Å². The lowest BCUT2D eigenvalue weighted by atomic mass is 10.1. The molecule has 0 atom stereocenters. The van der Waals surface area contributed by atoms with Crippen LogP contribution in [-0.2, 0) is 11.3 Å². The number of rotatable bonds is 6. The Morgan fingerprint density at radius 3 is 2.65 bits per heavy atom. The van der Waals surface area contributed by atoms with Crippen LogP contribution in [0.5, 0.6) is 5.75 Å². The number of amides is 1. The Kier molecular flexibility index (Phi) is 6.24. The van der Waals surface area contributed by atoms with Crippen LogP contribution in [0.15, 0.2) is 77.9 Å². The van der Waals surface area contributed by atoms with Gasteiger partial charge in [-0.1, -0.05) is 60.4 Å². The summed E-state index contributed by atoms with van der Waals surface area (Å²) in [6.45, 7) is 0.727. The standard InChI is InChI=1S/C25H21N3O3/c29-24(14-16-28-18-27-22-12-4-3-11-21(22)25(28)30)26-15-5-6-17-31-23-13-7-9-19-8-1-2-10-20(19)23/h1-4,7-13,18H,14-17H2,(H,26,29). The summed E-state index contributed by atoms with van der Waals surface area (Å²) >= 11 is 0. The maximum Gasteiger partial charge on any atom is 0.261 e. The Labute approximate surface area is 179 Å². The molecule has 1 aromatic heterocycles. The number of nitrogens with zero attached hydrogens (tertiary/aromatic N) is 2. The molecular weight excluding hydrogens is 390 g/mol. The Morgan fingerprint density at radius 2 is 1.74 bits per heavy atom. The molecule has 31 heavy (non-hydrogen) atoms. The number of hydrogen-bond acceptors (Lipinski definition) is 4. The summed E-state index contributed by atoms with van der Waals surface area (Å²) in [5.74, 6) is 6.39. The topological polar surface area (TPSA) is 73.2 Å². The van der Waals surface area contributed by atoms with E-state index in [0.29, 0.717) is 10.9 Å². The van der Waals surface area contributed by atoms with Gasteiger partial charge in [-0.05, 0) is 23.6 Å². The molecule has 6 heteroatoms. The van der Waals surface area contributed by atoms with E-state index >= 15 is 0 Å². The molecule has 0 saturated heterocycles. The Hall–Kier alpha value is -4.11. The summed E-state index contributed by atoms with van der Waals surface area (Å²) in [6.07, 6.45) is 1.65. The number of carbonyl (C=O) groups is 1. The molecule has 1 amide bonds. The number of para-hydroxylation sites is 1. The van der Waals surface area contributed by atoms with Crippen molar-refractivity contribution in [3.05, 3.63) is 83.4 Å². The van der Waals surface area contributed by atoms with Crippen molar-refractivity contribution >= 4 is 27.6 Å². The number of aromatic nitrogens is 2. The maximum absolute atomic E-state index is 12.4. The zero-order chi connectivity index (χ0) is 21.5. The fourth-order valence-electron chi connectivity index (χ4n) is 3.27. The molecule has 4 rings (SSSR count). The molecule has 4 aromatic rings. The molecule has 0 saturated carbocycles. The number of hydrogen-bond donors (Lipinski definition) is 1. The number of ether oxygens (including phenoxy) is 1. The van der Waals surface area contributed by atoms with Crippen LogP contribution in [0.25, 0.3) is 21.7 Å². The summed E-state index contributed by atoms with van der Waals surface area (Å²) in [5, 5.41) is 5.43. The summed E-state index contributed by atoms with van der Waals surface area (Å²) < 4.78 is 7.20. The molecule has 0 bridgehead atoms. The van der Waals surface area contributed by atoms with Crippen LogP contribution < -0.4 is 15.6 Å². The Morgan fingerprint density at radius 1 is 0.968 bits per heavy atom. The van der Waals surface area contributed by atoms with Gasteiger partial charge in [0.05, 0.1) is 23.8 Å². The smallest absolute Gasteiger partial charge is 0.261 e. The monoisotopic (exact) mass is 411 g/mol. The third kappa shape index (κ3) is 4.90. The van der Waals surface area contributed by atoms with E-state index in [1.54, 1.807) is 18.2 Å². The first kappa shape index (κ1) is 20.2. The molecule has 0 spiro atoms. The normalized spacial score (nSPS) is 10.5. The molecule has 6 nitrogen and oxygen atoms in total. The van der Waals surface area contributed by atoms with Crippen LogP contribution in [0.1, 0.15) is 6.42 Å². The predicted molar refractivity (Wildman–Crippen MR) is 121 cm³/mol. The number of benzene rings is 3. The van der Waals surface area contributed by atoms with E-state index in [1.807, 2.05) is 48.5 Å². The zero-order valence-corrected chi connectivity index (χ0v) is 16.9. The highest BCUT2D eigenvalue weighted by Crippen LogP contribution is 2.24. The Bertz CT molecular complexity index is 1340. The van der Waals surface area contributed by atoms with Gasteiger partial charge in [-0.25, -0.2) is 4.98 Å². The average Bonchev–Trinajstić information content (AvgIpc) is 2.81. The number of fused-ring (bicyclic) bond motifs is 2. The van der Waals surface area contributed by atoms with Crippen molar-refractivity contribution in [1.29, 1.82) is 0 Å². The highest BCUT2D eigenvalue weighted by atomic mass is 16.5. The lowest BCUT2D eigenvalue weighted by Gasteiger charge is -2.06. The Balaban J connectivity index is 1.24. The number of nitrogens with one attached hydrogen (secondary N) is 1. The summed E-state index contributed by atoms with van der Waals surface area (Å²) in [6, 6.07) is 21.0. The lowest BCUT2D eigenvalue weighted by Crippen LogP contribution is -2.27. The van der Waals surface area contributed by atoms with Crippen molar-refractivity contribution in [2.24, 2.45) is 0 Å². The molecule has 0 aliphatic heterocycles. The van der Waals surface area contributed by atoms with Gasteiger partial charge in [0, 0.05) is 18.4 Å². The summed E-state index contributed by atoms with van der Waals surface area (Å²) in [5.41, 5.74) is 0.498. The molecule has 154 valence electrons. The molecule has 1 heterocycles. The predicted octanol–water partition coefficient (Wildman–Crippen LogP) is 3.14. The van der Waals surface area contributed by atoms with Crippen molar-refractivity contribution < 1.29 is 9.53 Å². The molecule has 0 unspecified atom stereocenters. The summed E-state index contributed by atoms with van der Waals surface area (Å²) in [4.78, 5) is 28.7. The minimum atomic E-state index is -0.177. The number of aryl methyl sites for hydroxylation is 1. The highest BCUT2D eigenvalue weighted by molar-refractivity contribution is 5.88. The van der Waals surface area contributed by atoms with Crippen LogP contribution in [0, 0.1) is 11.8 Å². The summed E-state index contributed by atoms with van der Waals surface area (Å²) in [7, 11) is 0.